The molecule has 212 valence electrons. The molecule has 0 fully saturated rings. The average Bonchev–Trinajstić information content (AvgIpc) is 3.11. The first-order chi connectivity index (χ1) is 21.2. The van der Waals surface area contributed by atoms with Gasteiger partial charge in [0.25, 0.3) is 0 Å². The van der Waals surface area contributed by atoms with Gasteiger partial charge in [-0.25, -0.2) is 0 Å². The molecule has 0 saturated carbocycles. The summed E-state index contributed by atoms with van der Waals surface area (Å²) in [5.41, 5.74) is 6.77. The van der Waals surface area contributed by atoms with Crippen molar-refractivity contribution in [3.05, 3.63) is 203 Å². The number of ether oxygens (including phenoxy) is 2. The number of thioether (sulfide) groups is 1. The zero-order valence-corrected chi connectivity index (χ0v) is 25.2. The summed E-state index contributed by atoms with van der Waals surface area (Å²) in [6, 6.07) is 60.0. The molecule has 6 aromatic carbocycles. The summed E-state index contributed by atoms with van der Waals surface area (Å²) in [5.74, 6) is 1.66. The van der Waals surface area contributed by atoms with E-state index in [0.29, 0.717) is 0 Å². The molecule has 0 atom stereocenters. The quantitative estimate of drug-likeness (QED) is 0.151. The SMILES string of the molecule is COc1ccccc1C(SC(c1ccccc1)(c1ccccc1)c1ccccc1OC)(c1ccccc1)c1ccccc1. The summed E-state index contributed by atoms with van der Waals surface area (Å²) < 4.78 is 10.9. The van der Waals surface area contributed by atoms with E-state index in [2.05, 4.69) is 158 Å². The van der Waals surface area contributed by atoms with E-state index in [1.54, 1.807) is 14.2 Å². The minimum Gasteiger partial charge on any atom is -0.496 e. The summed E-state index contributed by atoms with van der Waals surface area (Å²) in [6.45, 7) is 0. The maximum Gasteiger partial charge on any atom is 0.124 e. The normalized spacial score (nSPS) is 11.6. The summed E-state index contributed by atoms with van der Waals surface area (Å²) in [7, 11) is 3.51. The van der Waals surface area contributed by atoms with Gasteiger partial charge in [-0.15, -0.1) is 11.8 Å². The number of methoxy groups -OCH3 is 2. The largest absolute Gasteiger partial charge is 0.496 e. The van der Waals surface area contributed by atoms with E-state index in [9.17, 15) is 0 Å². The highest BCUT2D eigenvalue weighted by Gasteiger charge is 2.50. The van der Waals surface area contributed by atoms with Gasteiger partial charge in [0.1, 0.15) is 11.5 Å². The van der Waals surface area contributed by atoms with Gasteiger partial charge in [-0.3, -0.25) is 0 Å². The first kappa shape index (κ1) is 28.4. The molecule has 0 saturated heterocycles. The van der Waals surface area contributed by atoms with Crippen LogP contribution in [0.15, 0.2) is 170 Å². The van der Waals surface area contributed by atoms with Crippen molar-refractivity contribution in [2.75, 3.05) is 14.2 Å². The zero-order valence-electron chi connectivity index (χ0n) is 24.4. The molecule has 2 nitrogen and oxygen atoms in total. The van der Waals surface area contributed by atoms with Gasteiger partial charge < -0.3 is 9.47 Å². The number of hydrogen-bond donors (Lipinski definition) is 0. The van der Waals surface area contributed by atoms with Crippen molar-refractivity contribution in [2.24, 2.45) is 0 Å². The fraction of sp³-hybridized carbons (Fsp3) is 0.100. The molecule has 0 N–H and O–H groups in total. The fourth-order valence-electron chi connectivity index (χ4n) is 6.09. The van der Waals surface area contributed by atoms with E-state index >= 15 is 0 Å². The predicted octanol–water partition coefficient (Wildman–Crippen LogP) is 9.72. The molecule has 0 radical (unpaired) electrons. The van der Waals surface area contributed by atoms with Crippen LogP contribution in [0.4, 0.5) is 0 Å². The third kappa shape index (κ3) is 5.11. The lowest BCUT2D eigenvalue weighted by molar-refractivity contribution is 0.406. The van der Waals surface area contributed by atoms with Gasteiger partial charge in [0.15, 0.2) is 0 Å². The van der Waals surface area contributed by atoms with E-state index < -0.39 is 9.49 Å². The lowest BCUT2D eigenvalue weighted by Crippen LogP contribution is -2.36. The third-order valence-corrected chi connectivity index (χ3v) is 9.99. The molecular formula is C40H34O2S. The lowest BCUT2D eigenvalue weighted by atomic mass is 9.82. The molecule has 0 aliphatic carbocycles. The molecule has 0 spiro atoms. The monoisotopic (exact) mass is 578 g/mol. The molecular weight excluding hydrogens is 545 g/mol. The van der Waals surface area contributed by atoms with Gasteiger partial charge in [-0.2, -0.15) is 0 Å². The topological polar surface area (TPSA) is 18.5 Å². The number of benzene rings is 6. The van der Waals surface area contributed by atoms with E-state index in [1.165, 1.54) is 0 Å². The summed E-state index contributed by atoms with van der Waals surface area (Å²) in [4.78, 5) is 0. The Kier molecular flexibility index (Phi) is 8.35. The van der Waals surface area contributed by atoms with Crippen molar-refractivity contribution >= 4 is 11.8 Å². The minimum absolute atomic E-state index is 0.707. The van der Waals surface area contributed by atoms with E-state index in [0.717, 1.165) is 44.9 Å². The van der Waals surface area contributed by atoms with Gasteiger partial charge >= 0.3 is 0 Å². The highest BCUT2D eigenvalue weighted by Crippen LogP contribution is 2.63. The van der Waals surface area contributed by atoms with Crippen LogP contribution in [0.1, 0.15) is 33.4 Å². The number of rotatable bonds is 10. The second-order valence-electron chi connectivity index (χ2n) is 10.3. The van der Waals surface area contributed by atoms with Gasteiger partial charge in [-0.1, -0.05) is 158 Å². The molecule has 6 rings (SSSR count). The first-order valence-corrected chi connectivity index (χ1v) is 15.2. The van der Waals surface area contributed by atoms with Gasteiger partial charge in [0.2, 0.25) is 0 Å². The van der Waals surface area contributed by atoms with Crippen LogP contribution >= 0.6 is 11.8 Å². The van der Waals surface area contributed by atoms with E-state index in [1.807, 2.05) is 23.9 Å². The smallest absolute Gasteiger partial charge is 0.124 e. The lowest BCUT2D eigenvalue weighted by Gasteiger charge is -2.46. The second-order valence-corrected chi connectivity index (χ2v) is 11.8. The number of para-hydroxylation sites is 2. The van der Waals surface area contributed by atoms with Crippen LogP contribution in [0.25, 0.3) is 0 Å². The molecule has 0 bridgehead atoms. The highest BCUT2D eigenvalue weighted by atomic mass is 32.2. The molecule has 0 amide bonds. The van der Waals surface area contributed by atoms with Gasteiger partial charge in [0.05, 0.1) is 23.7 Å². The van der Waals surface area contributed by atoms with Crippen LogP contribution in [-0.2, 0) is 9.49 Å². The standard InChI is InChI=1S/C40H34O2S/c1-41-37-29-17-15-27-35(37)39(31-19-7-3-8-20-31,32-21-9-4-10-22-32)43-40(33-23-11-5-12-24-33,34-25-13-6-14-26-34)36-28-16-18-30-38(36)42-2/h3-30H,1-2H3. The van der Waals surface area contributed by atoms with Gasteiger partial charge in [0, 0.05) is 11.1 Å². The Hall–Kier alpha value is -4.73. The van der Waals surface area contributed by atoms with Crippen molar-refractivity contribution < 1.29 is 9.47 Å². The molecule has 3 heteroatoms. The zero-order chi connectivity index (χ0) is 29.5. The van der Waals surface area contributed by atoms with Crippen LogP contribution < -0.4 is 9.47 Å². The summed E-state index contributed by atoms with van der Waals surface area (Å²) >= 11 is 1.90. The Morgan fingerprint density at radius 2 is 0.605 bits per heavy atom. The van der Waals surface area contributed by atoms with Crippen molar-refractivity contribution in [2.45, 2.75) is 9.49 Å². The Morgan fingerprint density at radius 1 is 0.349 bits per heavy atom. The molecule has 0 heterocycles. The Bertz CT molecular complexity index is 1540. The maximum absolute atomic E-state index is 6.13. The molecule has 0 aliphatic heterocycles. The summed E-state index contributed by atoms with van der Waals surface area (Å²) in [5, 5.41) is 0. The van der Waals surface area contributed by atoms with Crippen LogP contribution in [0.3, 0.4) is 0 Å². The third-order valence-electron chi connectivity index (χ3n) is 8.00. The minimum atomic E-state index is -0.707. The van der Waals surface area contributed by atoms with Crippen molar-refractivity contribution in [1.29, 1.82) is 0 Å². The van der Waals surface area contributed by atoms with Crippen molar-refractivity contribution in [3.63, 3.8) is 0 Å². The fourth-order valence-corrected chi connectivity index (χ4v) is 8.13. The summed E-state index contributed by atoms with van der Waals surface area (Å²) in [6.07, 6.45) is 0. The maximum atomic E-state index is 6.13. The van der Waals surface area contributed by atoms with Gasteiger partial charge in [-0.05, 0) is 34.4 Å². The van der Waals surface area contributed by atoms with Crippen LogP contribution in [0.5, 0.6) is 11.5 Å². The Labute approximate surface area is 259 Å². The van der Waals surface area contributed by atoms with E-state index in [4.69, 9.17) is 9.47 Å². The van der Waals surface area contributed by atoms with Crippen LogP contribution in [0, 0.1) is 0 Å². The molecule has 0 aliphatic rings. The average molecular weight is 579 g/mol. The second kappa shape index (κ2) is 12.6. The predicted molar refractivity (Wildman–Crippen MR) is 179 cm³/mol. The van der Waals surface area contributed by atoms with Crippen molar-refractivity contribution in [3.8, 4) is 11.5 Å². The first-order valence-electron chi connectivity index (χ1n) is 14.4. The molecule has 0 unspecified atom stereocenters. The molecule has 6 aromatic rings. The number of hydrogen-bond acceptors (Lipinski definition) is 3. The molecule has 43 heavy (non-hydrogen) atoms. The highest BCUT2D eigenvalue weighted by molar-refractivity contribution is 8.02. The van der Waals surface area contributed by atoms with Crippen LogP contribution in [0.2, 0.25) is 0 Å². The Balaban J connectivity index is 1.82. The van der Waals surface area contributed by atoms with Crippen molar-refractivity contribution in [1.82, 2.24) is 0 Å². The van der Waals surface area contributed by atoms with E-state index in [-0.39, 0.29) is 0 Å². The molecule has 0 aromatic heterocycles. The van der Waals surface area contributed by atoms with Crippen LogP contribution in [-0.4, -0.2) is 14.2 Å². The Morgan fingerprint density at radius 3 is 0.884 bits per heavy atom.